The summed E-state index contributed by atoms with van der Waals surface area (Å²) in [6.07, 6.45) is 1.61. The van der Waals surface area contributed by atoms with Gasteiger partial charge in [0.2, 0.25) is 0 Å². The Morgan fingerprint density at radius 2 is 1.80 bits per heavy atom. The summed E-state index contributed by atoms with van der Waals surface area (Å²) in [6, 6.07) is 24.9. The molecule has 0 saturated heterocycles. The van der Waals surface area contributed by atoms with Crippen molar-refractivity contribution in [3.05, 3.63) is 123 Å². The van der Waals surface area contributed by atoms with Crippen LogP contribution in [-0.2, 0) is 6.61 Å². The second-order valence-corrected chi connectivity index (χ2v) is 9.87. The SMILES string of the molecule is COc1cc(C)c(-c2nc3ccccc3c(=O)n2N=Cc2cccc(OCc3cccc(F)c3)c2)cc1C(C)C. The van der Waals surface area contributed by atoms with E-state index in [1.165, 1.54) is 16.8 Å². The summed E-state index contributed by atoms with van der Waals surface area (Å²) < 4.78 is 26.4. The Balaban J connectivity index is 1.56. The van der Waals surface area contributed by atoms with Crippen molar-refractivity contribution in [2.24, 2.45) is 5.10 Å². The summed E-state index contributed by atoms with van der Waals surface area (Å²) in [7, 11) is 1.66. The van der Waals surface area contributed by atoms with E-state index in [2.05, 4.69) is 18.9 Å². The fraction of sp³-hybridized carbons (Fsp3) is 0.182. The first kappa shape index (κ1) is 26.8. The minimum atomic E-state index is -0.306. The van der Waals surface area contributed by atoms with Gasteiger partial charge in [-0.25, -0.2) is 9.37 Å². The van der Waals surface area contributed by atoms with Gasteiger partial charge >= 0.3 is 0 Å². The molecule has 1 heterocycles. The van der Waals surface area contributed by atoms with Crippen LogP contribution in [0.4, 0.5) is 4.39 Å². The molecule has 5 rings (SSSR count). The van der Waals surface area contributed by atoms with Gasteiger partial charge in [-0.3, -0.25) is 4.79 Å². The van der Waals surface area contributed by atoms with Crippen LogP contribution >= 0.6 is 0 Å². The summed E-state index contributed by atoms with van der Waals surface area (Å²) in [5, 5.41) is 5.09. The topological polar surface area (TPSA) is 65.7 Å². The van der Waals surface area contributed by atoms with Crippen LogP contribution in [-0.4, -0.2) is 23.0 Å². The number of hydrogen-bond acceptors (Lipinski definition) is 5. The van der Waals surface area contributed by atoms with Crippen LogP contribution in [0.15, 0.2) is 94.8 Å². The molecule has 0 fully saturated rings. The summed E-state index contributed by atoms with van der Waals surface area (Å²) in [4.78, 5) is 18.6. The number of benzene rings is 4. The van der Waals surface area contributed by atoms with E-state index in [4.69, 9.17) is 14.5 Å². The monoisotopic (exact) mass is 535 g/mol. The maximum Gasteiger partial charge on any atom is 0.282 e. The van der Waals surface area contributed by atoms with E-state index in [1.54, 1.807) is 31.5 Å². The van der Waals surface area contributed by atoms with Gasteiger partial charge in [0, 0.05) is 5.56 Å². The molecule has 7 heteroatoms. The van der Waals surface area contributed by atoms with Gasteiger partial charge in [0.1, 0.15) is 23.9 Å². The van der Waals surface area contributed by atoms with E-state index in [1.807, 2.05) is 61.5 Å². The number of aromatic nitrogens is 2. The second-order valence-electron chi connectivity index (χ2n) is 9.87. The van der Waals surface area contributed by atoms with E-state index < -0.39 is 0 Å². The molecule has 0 atom stereocenters. The average Bonchev–Trinajstić information content (AvgIpc) is 2.95. The van der Waals surface area contributed by atoms with Crippen molar-refractivity contribution < 1.29 is 13.9 Å². The van der Waals surface area contributed by atoms with Gasteiger partial charge < -0.3 is 9.47 Å². The molecule has 40 heavy (non-hydrogen) atoms. The van der Waals surface area contributed by atoms with E-state index in [9.17, 15) is 9.18 Å². The fourth-order valence-electron chi connectivity index (χ4n) is 4.57. The van der Waals surface area contributed by atoms with Crippen LogP contribution in [0.1, 0.15) is 42.0 Å². The molecule has 6 nitrogen and oxygen atoms in total. The first-order valence-corrected chi connectivity index (χ1v) is 13.1. The van der Waals surface area contributed by atoms with Gasteiger partial charge in [0.05, 0.1) is 24.2 Å². The summed E-state index contributed by atoms with van der Waals surface area (Å²) >= 11 is 0. The minimum Gasteiger partial charge on any atom is -0.496 e. The number of ether oxygens (including phenoxy) is 2. The van der Waals surface area contributed by atoms with Crippen LogP contribution in [0, 0.1) is 12.7 Å². The molecule has 4 aromatic carbocycles. The molecule has 0 spiro atoms. The highest BCUT2D eigenvalue weighted by Crippen LogP contribution is 2.34. The molecule has 1 aromatic heterocycles. The molecular weight excluding hydrogens is 505 g/mol. The number of hydrogen-bond donors (Lipinski definition) is 0. The van der Waals surface area contributed by atoms with Crippen LogP contribution in [0.5, 0.6) is 11.5 Å². The first-order valence-electron chi connectivity index (χ1n) is 13.1. The molecular formula is C33H30FN3O3. The van der Waals surface area contributed by atoms with Crippen LogP contribution in [0.3, 0.4) is 0 Å². The first-order chi connectivity index (χ1) is 19.3. The Kier molecular flexibility index (Phi) is 7.73. The summed E-state index contributed by atoms with van der Waals surface area (Å²) in [6.45, 7) is 6.39. The van der Waals surface area contributed by atoms with Crippen LogP contribution in [0.25, 0.3) is 22.3 Å². The lowest BCUT2D eigenvalue weighted by Gasteiger charge is -2.17. The molecule has 5 aromatic rings. The van der Waals surface area contributed by atoms with Gasteiger partial charge in [-0.05, 0) is 83.6 Å². The van der Waals surface area contributed by atoms with Crippen molar-refractivity contribution in [3.63, 3.8) is 0 Å². The van der Waals surface area contributed by atoms with Crippen molar-refractivity contribution in [2.45, 2.75) is 33.3 Å². The maximum atomic E-state index is 13.7. The Morgan fingerprint density at radius 1 is 1.00 bits per heavy atom. The van der Waals surface area contributed by atoms with Gasteiger partial charge in [-0.1, -0.05) is 50.2 Å². The average molecular weight is 536 g/mol. The highest BCUT2D eigenvalue weighted by Gasteiger charge is 2.18. The molecule has 0 bridgehead atoms. The minimum absolute atomic E-state index is 0.202. The van der Waals surface area contributed by atoms with Crippen molar-refractivity contribution in [1.82, 2.24) is 9.66 Å². The van der Waals surface area contributed by atoms with Gasteiger partial charge in [-0.2, -0.15) is 9.78 Å². The van der Waals surface area contributed by atoms with E-state index in [-0.39, 0.29) is 23.9 Å². The van der Waals surface area contributed by atoms with Gasteiger partial charge in [0.25, 0.3) is 5.56 Å². The van der Waals surface area contributed by atoms with Crippen molar-refractivity contribution >= 4 is 17.1 Å². The Labute approximate surface area is 232 Å². The molecule has 0 amide bonds. The fourth-order valence-corrected chi connectivity index (χ4v) is 4.57. The second kappa shape index (κ2) is 11.5. The normalized spacial score (nSPS) is 11.4. The summed E-state index contributed by atoms with van der Waals surface area (Å²) in [5.74, 6) is 1.74. The van der Waals surface area contributed by atoms with Crippen molar-refractivity contribution in [3.8, 4) is 22.9 Å². The summed E-state index contributed by atoms with van der Waals surface area (Å²) in [5.41, 5.74) is 4.53. The molecule has 0 unspecified atom stereocenters. The standard InChI is InChI=1S/C33H30FN3O3/c1-21(2)28-18-29(22(3)15-31(28)39-4)32-36-30-14-6-5-13-27(30)33(38)37(32)35-19-23-9-8-12-26(17-23)40-20-24-10-7-11-25(34)16-24/h5-19,21H,20H2,1-4H3. The lowest BCUT2D eigenvalue weighted by molar-refractivity contribution is 0.305. The third-order valence-corrected chi connectivity index (χ3v) is 6.67. The largest absolute Gasteiger partial charge is 0.496 e. The molecule has 0 N–H and O–H groups in total. The zero-order valence-electron chi connectivity index (χ0n) is 22.9. The van der Waals surface area contributed by atoms with E-state index >= 15 is 0 Å². The predicted molar refractivity (Wildman–Crippen MR) is 157 cm³/mol. The maximum absolute atomic E-state index is 13.7. The predicted octanol–water partition coefficient (Wildman–Crippen LogP) is 7.10. The lowest BCUT2D eigenvalue weighted by Crippen LogP contribution is -2.20. The number of halogens is 1. The van der Waals surface area contributed by atoms with E-state index in [0.717, 1.165) is 33.6 Å². The van der Waals surface area contributed by atoms with Crippen molar-refractivity contribution in [2.75, 3.05) is 7.11 Å². The zero-order chi connectivity index (χ0) is 28.2. The number of methoxy groups -OCH3 is 1. The molecule has 202 valence electrons. The molecule has 0 aliphatic rings. The zero-order valence-corrected chi connectivity index (χ0v) is 22.9. The molecule has 0 saturated carbocycles. The lowest BCUT2D eigenvalue weighted by atomic mass is 9.96. The third-order valence-electron chi connectivity index (χ3n) is 6.67. The van der Waals surface area contributed by atoms with Crippen LogP contribution in [0.2, 0.25) is 0 Å². The third kappa shape index (κ3) is 5.64. The number of para-hydroxylation sites is 1. The smallest absolute Gasteiger partial charge is 0.282 e. The van der Waals surface area contributed by atoms with Gasteiger partial charge in [-0.15, -0.1) is 0 Å². The molecule has 0 aliphatic carbocycles. The highest BCUT2D eigenvalue weighted by atomic mass is 19.1. The number of fused-ring (bicyclic) bond motifs is 1. The highest BCUT2D eigenvalue weighted by molar-refractivity contribution is 5.82. The Morgan fingerprint density at radius 3 is 2.58 bits per heavy atom. The number of nitrogens with zero attached hydrogens (tertiary/aromatic N) is 3. The number of rotatable bonds is 8. The number of aryl methyl sites for hydroxylation is 1. The Hall–Kier alpha value is -4.78. The Bertz CT molecular complexity index is 1780. The van der Waals surface area contributed by atoms with Crippen LogP contribution < -0.4 is 15.0 Å². The van der Waals surface area contributed by atoms with Crippen molar-refractivity contribution in [1.29, 1.82) is 0 Å². The quantitative estimate of drug-likeness (QED) is 0.199. The molecule has 0 radical (unpaired) electrons. The van der Waals surface area contributed by atoms with Gasteiger partial charge in [0.15, 0.2) is 5.82 Å². The molecule has 0 aliphatic heterocycles. The van der Waals surface area contributed by atoms with E-state index in [0.29, 0.717) is 22.5 Å².